The first kappa shape index (κ1) is 19.2. The smallest absolute Gasteiger partial charge is 0.337 e. The van der Waals surface area contributed by atoms with Crippen LogP contribution in [0.2, 0.25) is 0 Å². The number of amides is 2. The number of hydrogen-bond donors (Lipinski definition) is 2. The van der Waals surface area contributed by atoms with E-state index in [0.29, 0.717) is 22.5 Å². The van der Waals surface area contributed by atoms with Crippen molar-refractivity contribution in [1.82, 2.24) is 0 Å². The van der Waals surface area contributed by atoms with Gasteiger partial charge in [0, 0.05) is 22.9 Å². The summed E-state index contributed by atoms with van der Waals surface area (Å²) in [6.45, 7) is 5.48. The number of esters is 1. The van der Waals surface area contributed by atoms with E-state index in [-0.39, 0.29) is 17.7 Å². The molecular formula is C20H22N2O4. The van der Waals surface area contributed by atoms with Gasteiger partial charge in [-0.3, -0.25) is 9.59 Å². The standard InChI is InChI=1S/C20H22N2O4/c1-12(2)18(23)21-16-10-5-13(3)17(11-16)22-19(24)14-6-8-15(9-7-14)20(25)26-4/h5-12H,1-4H3,(H,21,23)(H,22,24). The van der Waals surface area contributed by atoms with E-state index in [0.717, 1.165) is 5.56 Å². The first-order valence-electron chi connectivity index (χ1n) is 8.23. The van der Waals surface area contributed by atoms with Crippen molar-refractivity contribution < 1.29 is 19.1 Å². The van der Waals surface area contributed by atoms with Crippen molar-refractivity contribution >= 4 is 29.2 Å². The molecule has 0 spiro atoms. The molecule has 6 heteroatoms. The van der Waals surface area contributed by atoms with Crippen LogP contribution in [-0.2, 0) is 9.53 Å². The quantitative estimate of drug-likeness (QED) is 0.803. The van der Waals surface area contributed by atoms with E-state index in [9.17, 15) is 14.4 Å². The van der Waals surface area contributed by atoms with Crippen molar-refractivity contribution in [3.05, 3.63) is 59.2 Å². The molecule has 0 radical (unpaired) electrons. The SMILES string of the molecule is COC(=O)c1ccc(C(=O)Nc2cc(NC(=O)C(C)C)ccc2C)cc1. The zero-order valence-electron chi connectivity index (χ0n) is 15.3. The molecule has 0 unspecified atom stereocenters. The van der Waals surface area contributed by atoms with Crippen molar-refractivity contribution in [2.24, 2.45) is 5.92 Å². The molecule has 26 heavy (non-hydrogen) atoms. The van der Waals surface area contributed by atoms with Crippen molar-refractivity contribution in [1.29, 1.82) is 0 Å². The zero-order valence-corrected chi connectivity index (χ0v) is 15.3. The van der Waals surface area contributed by atoms with Gasteiger partial charge in [-0.15, -0.1) is 0 Å². The highest BCUT2D eigenvalue weighted by Gasteiger charge is 2.12. The third kappa shape index (κ3) is 4.69. The van der Waals surface area contributed by atoms with Gasteiger partial charge in [0.25, 0.3) is 5.91 Å². The summed E-state index contributed by atoms with van der Waals surface area (Å²) < 4.78 is 4.64. The molecule has 2 amide bonds. The van der Waals surface area contributed by atoms with Gasteiger partial charge in [-0.25, -0.2) is 4.79 Å². The summed E-state index contributed by atoms with van der Waals surface area (Å²) in [6, 6.07) is 11.5. The first-order chi connectivity index (χ1) is 12.3. The minimum atomic E-state index is -0.457. The second kappa shape index (κ2) is 8.29. The Labute approximate surface area is 152 Å². The van der Waals surface area contributed by atoms with Crippen LogP contribution in [0.25, 0.3) is 0 Å². The van der Waals surface area contributed by atoms with Gasteiger partial charge in [0.15, 0.2) is 0 Å². The Hall–Kier alpha value is -3.15. The molecule has 0 atom stereocenters. The number of aryl methyl sites for hydroxylation is 1. The Morgan fingerprint density at radius 2 is 1.54 bits per heavy atom. The summed E-state index contributed by atoms with van der Waals surface area (Å²) in [5.41, 5.74) is 2.87. The lowest BCUT2D eigenvalue weighted by molar-refractivity contribution is -0.118. The van der Waals surface area contributed by atoms with Gasteiger partial charge in [-0.1, -0.05) is 19.9 Å². The number of anilines is 2. The molecule has 0 saturated carbocycles. The number of hydrogen-bond acceptors (Lipinski definition) is 4. The highest BCUT2D eigenvalue weighted by Crippen LogP contribution is 2.21. The van der Waals surface area contributed by atoms with E-state index >= 15 is 0 Å². The molecule has 0 aliphatic heterocycles. The number of ether oxygens (including phenoxy) is 1. The lowest BCUT2D eigenvalue weighted by Crippen LogP contribution is -2.18. The summed E-state index contributed by atoms with van der Waals surface area (Å²) in [5.74, 6) is -0.995. The van der Waals surface area contributed by atoms with Crippen LogP contribution >= 0.6 is 0 Å². The second-order valence-corrected chi connectivity index (χ2v) is 6.20. The van der Waals surface area contributed by atoms with E-state index in [1.54, 1.807) is 24.3 Å². The Morgan fingerprint density at radius 3 is 2.12 bits per heavy atom. The van der Waals surface area contributed by atoms with Crippen LogP contribution in [0, 0.1) is 12.8 Å². The fourth-order valence-corrected chi connectivity index (χ4v) is 2.19. The predicted molar refractivity (Wildman–Crippen MR) is 100 cm³/mol. The van der Waals surface area contributed by atoms with E-state index < -0.39 is 5.97 Å². The summed E-state index contributed by atoms with van der Waals surface area (Å²) >= 11 is 0. The summed E-state index contributed by atoms with van der Waals surface area (Å²) in [5, 5.41) is 5.63. The fourth-order valence-electron chi connectivity index (χ4n) is 2.19. The molecule has 6 nitrogen and oxygen atoms in total. The number of methoxy groups -OCH3 is 1. The number of rotatable bonds is 5. The van der Waals surface area contributed by atoms with Gasteiger partial charge in [0.2, 0.25) is 5.91 Å². The van der Waals surface area contributed by atoms with Crippen molar-refractivity contribution in [2.45, 2.75) is 20.8 Å². The van der Waals surface area contributed by atoms with Gasteiger partial charge >= 0.3 is 5.97 Å². The molecule has 2 rings (SSSR count). The maximum absolute atomic E-state index is 12.4. The van der Waals surface area contributed by atoms with Gasteiger partial charge < -0.3 is 15.4 Å². The molecule has 0 aliphatic carbocycles. The molecule has 0 saturated heterocycles. The largest absolute Gasteiger partial charge is 0.465 e. The Bertz CT molecular complexity index is 826. The van der Waals surface area contributed by atoms with Gasteiger partial charge in [0.1, 0.15) is 0 Å². The third-order valence-corrected chi connectivity index (χ3v) is 3.85. The minimum Gasteiger partial charge on any atom is -0.465 e. The van der Waals surface area contributed by atoms with E-state index in [2.05, 4.69) is 15.4 Å². The molecule has 2 aromatic carbocycles. The predicted octanol–water partition coefficient (Wildman–Crippen LogP) is 3.63. The van der Waals surface area contributed by atoms with Crippen LogP contribution < -0.4 is 10.6 Å². The van der Waals surface area contributed by atoms with E-state index in [1.807, 2.05) is 26.8 Å². The lowest BCUT2D eigenvalue weighted by atomic mass is 10.1. The maximum Gasteiger partial charge on any atom is 0.337 e. The second-order valence-electron chi connectivity index (χ2n) is 6.20. The van der Waals surface area contributed by atoms with Gasteiger partial charge in [-0.05, 0) is 48.9 Å². The molecule has 2 aromatic rings. The summed E-state index contributed by atoms with van der Waals surface area (Å²) in [7, 11) is 1.30. The zero-order chi connectivity index (χ0) is 19.3. The Morgan fingerprint density at radius 1 is 0.923 bits per heavy atom. The lowest BCUT2D eigenvalue weighted by Gasteiger charge is -2.13. The average Bonchev–Trinajstić information content (AvgIpc) is 2.63. The fraction of sp³-hybridized carbons (Fsp3) is 0.250. The highest BCUT2D eigenvalue weighted by atomic mass is 16.5. The molecule has 2 N–H and O–H groups in total. The molecule has 0 aliphatic rings. The molecule has 136 valence electrons. The van der Waals surface area contributed by atoms with Crippen LogP contribution in [0.4, 0.5) is 11.4 Å². The Balaban J connectivity index is 2.15. The Kier molecular flexibility index (Phi) is 6.11. The van der Waals surface area contributed by atoms with E-state index in [4.69, 9.17) is 0 Å². The number of nitrogens with one attached hydrogen (secondary N) is 2. The van der Waals surface area contributed by atoms with Crippen LogP contribution in [0.15, 0.2) is 42.5 Å². The molecular weight excluding hydrogens is 332 g/mol. The molecule has 0 aromatic heterocycles. The van der Waals surface area contributed by atoms with E-state index in [1.165, 1.54) is 19.2 Å². The summed E-state index contributed by atoms with van der Waals surface area (Å²) in [6.07, 6.45) is 0. The van der Waals surface area contributed by atoms with Crippen LogP contribution in [0.5, 0.6) is 0 Å². The molecule has 0 fully saturated rings. The molecule has 0 bridgehead atoms. The number of benzene rings is 2. The summed E-state index contributed by atoms with van der Waals surface area (Å²) in [4.78, 5) is 35.7. The number of carbonyl (C=O) groups excluding carboxylic acids is 3. The van der Waals surface area contributed by atoms with Crippen LogP contribution in [-0.4, -0.2) is 24.9 Å². The van der Waals surface area contributed by atoms with Gasteiger partial charge in [0.05, 0.1) is 12.7 Å². The minimum absolute atomic E-state index is 0.0930. The van der Waals surface area contributed by atoms with Crippen LogP contribution in [0.3, 0.4) is 0 Å². The molecule has 0 heterocycles. The van der Waals surface area contributed by atoms with Crippen molar-refractivity contribution in [3.8, 4) is 0 Å². The van der Waals surface area contributed by atoms with Crippen LogP contribution in [0.1, 0.15) is 40.1 Å². The highest BCUT2D eigenvalue weighted by molar-refractivity contribution is 6.05. The average molecular weight is 354 g/mol. The normalized spacial score (nSPS) is 10.3. The number of carbonyl (C=O) groups is 3. The first-order valence-corrected chi connectivity index (χ1v) is 8.23. The monoisotopic (exact) mass is 354 g/mol. The maximum atomic E-state index is 12.4. The third-order valence-electron chi connectivity index (χ3n) is 3.85. The topological polar surface area (TPSA) is 84.5 Å². The van der Waals surface area contributed by atoms with Crippen molar-refractivity contribution in [3.63, 3.8) is 0 Å². The van der Waals surface area contributed by atoms with Gasteiger partial charge in [-0.2, -0.15) is 0 Å². The van der Waals surface area contributed by atoms with Crippen molar-refractivity contribution in [2.75, 3.05) is 17.7 Å².